The fourth-order valence-corrected chi connectivity index (χ4v) is 2.63. The van der Waals surface area contributed by atoms with E-state index in [-0.39, 0.29) is 0 Å². The third-order valence-electron chi connectivity index (χ3n) is 3.48. The predicted molar refractivity (Wildman–Crippen MR) is 84.4 cm³/mol. The van der Waals surface area contributed by atoms with E-state index in [0.717, 1.165) is 29.4 Å². The first kappa shape index (κ1) is 14.4. The Morgan fingerprint density at radius 3 is 2.58 bits per heavy atom. The van der Waals surface area contributed by atoms with E-state index >= 15 is 0 Å². The average molecular weight is 280 g/mol. The normalized spacial score (nSPS) is 16.2. The Morgan fingerprint density at radius 1 is 1.32 bits per heavy atom. The van der Waals surface area contributed by atoms with Gasteiger partial charge in [-0.1, -0.05) is 0 Å². The highest BCUT2D eigenvalue weighted by Crippen LogP contribution is 2.39. The van der Waals surface area contributed by atoms with Crippen LogP contribution in [0.3, 0.4) is 0 Å². The minimum absolute atomic E-state index is 0.442. The smallest absolute Gasteiger partial charge is 0.136 e. The van der Waals surface area contributed by atoms with Crippen molar-refractivity contribution in [2.45, 2.75) is 45.1 Å². The van der Waals surface area contributed by atoms with Crippen molar-refractivity contribution in [3.63, 3.8) is 0 Å². The van der Waals surface area contributed by atoms with Gasteiger partial charge in [0, 0.05) is 24.6 Å². The van der Waals surface area contributed by atoms with Gasteiger partial charge in [-0.15, -0.1) is 0 Å². The van der Waals surface area contributed by atoms with Gasteiger partial charge in [-0.3, -0.25) is 0 Å². The van der Waals surface area contributed by atoms with Gasteiger partial charge >= 0.3 is 0 Å². The molecule has 1 atom stereocenters. The molecule has 0 aliphatic heterocycles. The number of hydrogen-bond donors (Lipinski definition) is 2. The summed E-state index contributed by atoms with van der Waals surface area (Å²) in [5.74, 6) is 4.70. The van der Waals surface area contributed by atoms with Crippen molar-refractivity contribution in [2.75, 3.05) is 29.7 Å². The Labute approximate surface area is 120 Å². The highest BCUT2D eigenvalue weighted by Gasteiger charge is 2.28. The van der Waals surface area contributed by atoms with Crippen molar-refractivity contribution in [1.29, 1.82) is 0 Å². The topological polar surface area (TPSA) is 49.8 Å². The van der Waals surface area contributed by atoms with Gasteiger partial charge in [0.25, 0.3) is 0 Å². The van der Waals surface area contributed by atoms with Crippen LogP contribution in [0.25, 0.3) is 0 Å². The van der Waals surface area contributed by atoms with Crippen molar-refractivity contribution < 1.29 is 0 Å². The molecule has 1 aromatic rings. The second-order valence-electron chi connectivity index (χ2n) is 5.26. The zero-order valence-electron chi connectivity index (χ0n) is 12.3. The minimum atomic E-state index is 0.442. The maximum absolute atomic E-state index is 4.72. The molecular weight excluding hydrogens is 256 g/mol. The van der Waals surface area contributed by atoms with E-state index in [4.69, 9.17) is 4.98 Å². The molecule has 1 fully saturated rings. The van der Waals surface area contributed by atoms with Crippen LogP contribution < -0.4 is 10.6 Å². The molecular formula is C14H24N4S. The Kier molecular flexibility index (Phi) is 4.91. The fourth-order valence-electron chi connectivity index (χ4n) is 2.04. The van der Waals surface area contributed by atoms with Gasteiger partial charge in [0.15, 0.2) is 0 Å². The van der Waals surface area contributed by atoms with Crippen molar-refractivity contribution in [3.05, 3.63) is 11.4 Å². The van der Waals surface area contributed by atoms with Crippen LogP contribution in [0.1, 0.15) is 43.5 Å². The third-order valence-corrected chi connectivity index (χ3v) is 4.12. The molecule has 0 radical (unpaired) electrons. The molecule has 5 heteroatoms. The van der Waals surface area contributed by atoms with Crippen molar-refractivity contribution in [3.8, 4) is 0 Å². The number of nitrogens with one attached hydrogen (secondary N) is 2. The van der Waals surface area contributed by atoms with Gasteiger partial charge in [0.05, 0.1) is 0 Å². The molecule has 0 bridgehead atoms. The highest BCUT2D eigenvalue weighted by atomic mass is 32.2. The quantitative estimate of drug-likeness (QED) is 0.803. The number of aromatic nitrogens is 2. The lowest BCUT2D eigenvalue weighted by molar-refractivity contribution is 0.760. The van der Waals surface area contributed by atoms with Crippen LogP contribution in [0.15, 0.2) is 0 Å². The summed E-state index contributed by atoms with van der Waals surface area (Å²) in [5, 5.41) is 6.72. The van der Waals surface area contributed by atoms with Gasteiger partial charge < -0.3 is 10.6 Å². The van der Waals surface area contributed by atoms with Crippen LogP contribution in [0, 0.1) is 6.92 Å². The summed E-state index contributed by atoms with van der Waals surface area (Å²) in [5.41, 5.74) is 1.11. The molecule has 1 aliphatic carbocycles. The minimum Gasteiger partial charge on any atom is -0.373 e. The molecule has 4 nitrogen and oxygen atoms in total. The first-order chi connectivity index (χ1) is 9.15. The molecule has 2 N–H and O–H groups in total. The predicted octanol–water partition coefficient (Wildman–Crippen LogP) is 3.26. The second kappa shape index (κ2) is 6.46. The second-order valence-corrected chi connectivity index (χ2v) is 6.24. The van der Waals surface area contributed by atoms with E-state index in [1.54, 1.807) is 0 Å². The van der Waals surface area contributed by atoms with Crippen LogP contribution in [0.2, 0.25) is 0 Å². The number of nitrogens with zero attached hydrogens (tertiary/aromatic N) is 2. The molecule has 106 valence electrons. The zero-order chi connectivity index (χ0) is 13.8. The molecule has 0 spiro atoms. The monoisotopic (exact) mass is 280 g/mol. The van der Waals surface area contributed by atoms with Crippen molar-refractivity contribution >= 4 is 23.4 Å². The third kappa shape index (κ3) is 3.75. The number of rotatable bonds is 7. The summed E-state index contributed by atoms with van der Waals surface area (Å²) < 4.78 is 0. The standard InChI is InChI=1S/C14H24N4S/c1-9(7-8-19-4)16-13-10(2)12(15-3)17-14(18-13)11-5-6-11/h9,11H,5-8H2,1-4H3,(H2,15,16,17,18). The van der Waals surface area contributed by atoms with Crippen LogP contribution in [-0.2, 0) is 0 Å². The summed E-state index contributed by atoms with van der Waals surface area (Å²) in [6.45, 7) is 4.29. The van der Waals surface area contributed by atoms with Crippen molar-refractivity contribution in [2.24, 2.45) is 0 Å². The lowest BCUT2D eigenvalue weighted by atomic mass is 10.2. The van der Waals surface area contributed by atoms with Crippen LogP contribution >= 0.6 is 11.8 Å². The Morgan fingerprint density at radius 2 is 2.00 bits per heavy atom. The van der Waals surface area contributed by atoms with Gasteiger partial charge in [-0.25, -0.2) is 9.97 Å². The summed E-state index contributed by atoms with van der Waals surface area (Å²) >= 11 is 1.89. The summed E-state index contributed by atoms with van der Waals surface area (Å²) in [6, 6.07) is 0.442. The highest BCUT2D eigenvalue weighted by molar-refractivity contribution is 7.98. The van der Waals surface area contributed by atoms with Crippen LogP contribution in [0.5, 0.6) is 0 Å². The van der Waals surface area contributed by atoms with Gasteiger partial charge in [-0.2, -0.15) is 11.8 Å². The lowest BCUT2D eigenvalue weighted by Gasteiger charge is -2.18. The molecule has 1 aliphatic rings. The molecule has 2 rings (SSSR count). The molecule has 19 heavy (non-hydrogen) atoms. The molecule has 1 saturated carbocycles. The van der Waals surface area contributed by atoms with E-state index < -0.39 is 0 Å². The summed E-state index contributed by atoms with van der Waals surface area (Å²) in [6.07, 6.45) is 5.76. The van der Waals surface area contributed by atoms with Crippen molar-refractivity contribution in [1.82, 2.24) is 9.97 Å². The number of hydrogen-bond acceptors (Lipinski definition) is 5. The SMILES string of the molecule is CNc1nc(C2CC2)nc(NC(C)CCSC)c1C. The van der Waals surface area contributed by atoms with Gasteiger partial charge in [-0.05, 0) is 45.1 Å². The maximum atomic E-state index is 4.72. The van der Waals surface area contributed by atoms with Crippen LogP contribution in [-0.4, -0.2) is 35.1 Å². The van der Waals surface area contributed by atoms with E-state index in [9.17, 15) is 0 Å². The lowest BCUT2D eigenvalue weighted by Crippen LogP contribution is -2.19. The Bertz CT molecular complexity index is 432. The van der Waals surface area contributed by atoms with E-state index in [0.29, 0.717) is 12.0 Å². The zero-order valence-corrected chi connectivity index (χ0v) is 13.1. The Balaban J connectivity index is 2.15. The summed E-state index contributed by atoms with van der Waals surface area (Å²) in [7, 11) is 1.92. The first-order valence-corrected chi connectivity index (χ1v) is 8.36. The fraction of sp³-hybridized carbons (Fsp3) is 0.714. The molecule has 1 unspecified atom stereocenters. The Hall–Kier alpha value is -0.970. The summed E-state index contributed by atoms with van der Waals surface area (Å²) in [4.78, 5) is 9.34. The molecule has 0 aromatic carbocycles. The molecule has 1 heterocycles. The largest absolute Gasteiger partial charge is 0.373 e. The molecule has 0 amide bonds. The molecule has 1 aromatic heterocycles. The van der Waals surface area contributed by atoms with E-state index in [1.165, 1.54) is 18.6 Å². The number of anilines is 2. The van der Waals surface area contributed by atoms with Crippen LogP contribution in [0.4, 0.5) is 11.6 Å². The van der Waals surface area contributed by atoms with E-state index in [1.807, 2.05) is 18.8 Å². The van der Waals surface area contributed by atoms with Gasteiger partial charge in [0.1, 0.15) is 17.5 Å². The van der Waals surface area contributed by atoms with E-state index in [2.05, 4.69) is 35.7 Å². The average Bonchev–Trinajstić information content (AvgIpc) is 3.23. The maximum Gasteiger partial charge on any atom is 0.136 e. The first-order valence-electron chi connectivity index (χ1n) is 6.97. The molecule has 0 saturated heterocycles. The number of thioether (sulfide) groups is 1. The van der Waals surface area contributed by atoms with Gasteiger partial charge in [0.2, 0.25) is 0 Å².